The van der Waals surface area contributed by atoms with Crippen molar-refractivity contribution in [2.45, 2.75) is 45.6 Å². The summed E-state index contributed by atoms with van der Waals surface area (Å²) >= 11 is 0. The van der Waals surface area contributed by atoms with Gasteiger partial charge in [-0.25, -0.2) is 27.1 Å². The minimum atomic E-state index is -4.64. The summed E-state index contributed by atoms with van der Waals surface area (Å²) in [5, 5.41) is 0. The van der Waals surface area contributed by atoms with Gasteiger partial charge in [0, 0.05) is 17.3 Å². The highest BCUT2D eigenvalue weighted by Gasteiger charge is 2.24. The van der Waals surface area contributed by atoms with E-state index in [1.807, 2.05) is 13.8 Å². The average Bonchev–Trinajstić information content (AvgIpc) is 2.64. The van der Waals surface area contributed by atoms with Crippen molar-refractivity contribution in [3.05, 3.63) is 41.9 Å². The molecule has 0 amide bonds. The van der Waals surface area contributed by atoms with Crippen molar-refractivity contribution in [1.29, 1.82) is 0 Å². The molecule has 0 saturated heterocycles. The molecular formula is C19H26F4N3O5P. The number of alkyl halides is 4. The van der Waals surface area contributed by atoms with E-state index in [9.17, 15) is 17.6 Å². The van der Waals surface area contributed by atoms with Gasteiger partial charge >= 0.3 is 7.82 Å². The number of aromatic nitrogens is 2. The zero-order valence-corrected chi connectivity index (χ0v) is 18.5. The zero-order chi connectivity index (χ0) is 24.7. The fraction of sp³-hybridized carbons (Fsp3) is 0.474. The molecule has 2 aromatic rings. The Morgan fingerprint density at radius 3 is 2.22 bits per heavy atom. The van der Waals surface area contributed by atoms with Crippen LogP contribution in [0.4, 0.5) is 17.6 Å². The van der Waals surface area contributed by atoms with Crippen molar-refractivity contribution in [3.63, 3.8) is 0 Å². The quantitative estimate of drug-likeness (QED) is 0.323. The van der Waals surface area contributed by atoms with Crippen molar-refractivity contribution in [2.24, 2.45) is 11.7 Å². The average molecular weight is 483 g/mol. The van der Waals surface area contributed by atoms with Crippen LogP contribution in [0.3, 0.4) is 0 Å². The number of phosphoric acid groups is 1. The Morgan fingerprint density at radius 1 is 1.12 bits per heavy atom. The SMILES string of the molecule is CC(C)CC(C)(N)COc1ccc(-c2ccnc(C(F)F)c2)nc1C(F)F.O=P(O)(O)O. The molecular weight excluding hydrogens is 457 g/mol. The van der Waals surface area contributed by atoms with Gasteiger partial charge in [0.1, 0.15) is 23.7 Å². The third-order valence-corrected chi connectivity index (χ3v) is 3.83. The van der Waals surface area contributed by atoms with Gasteiger partial charge in [-0.3, -0.25) is 4.98 Å². The molecule has 0 aliphatic rings. The lowest BCUT2D eigenvalue weighted by atomic mass is 9.93. The molecule has 0 aliphatic carbocycles. The van der Waals surface area contributed by atoms with Crippen LogP contribution in [0.1, 0.15) is 51.4 Å². The summed E-state index contributed by atoms with van der Waals surface area (Å²) in [7, 11) is -4.64. The summed E-state index contributed by atoms with van der Waals surface area (Å²) in [6.45, 7) is 5.86. The van der Waals surface area contributed by atoms with E-state index in [0.29, 0.717) is 12.3 Å². The first-order valence-corrected chi connectivity index (χ1v) is 10.9. The predicted molar refractivity (Wildman–Crippen MR) is 109 cm³/mol. The summed E-state index contributed by atoms with van der Waals surface area (Å²) in [5.41, 5.74) is 4.89. The molecule has 0 fully saturated rings. The molecule has 1 unspecified atom stereocenters. The molecule has 2 rings (SSSR count). The highest BCUT2D eigenvalue weighted by molar-refractivity contribution is 7.45. The molecule has 0 aliphatic heterocycles. The molecule has 2 heterocycles. The minimum Gasteiger partial charge on any atom is -0.490 e. The number of nitrogens with two attached hydrogens (primary N) is 1. The maximum Gasteiger partial charge on any atom is 0.466 e. The molecule has 2 aromatic heterocycles. The smallest absolute Gasteiger partial charge is 0.466 e. The van der Waals surface area contributed by atoms with Crippen molar-refractivity contribution in [1.82, 2.24) is 9.97 Å². The molecule has 180 valence electrons. The van der Waals surface area contributed by atoms with Gasteiger partial charge < -0.3 is 25.2 Å². The maximum atomic E-state index is 13.5. The second-order valence-corrected chi connectivity index (χ2v) is 8.73. The number of halogens is 4. The molecule has 0 radical (unpaired) electrons. The first-order chi connectivity index (χ1) is 14.6. The number of rotatable bonds is 8. The Balaban J connectivity index is 0.000000920. The molecule has 8 nitrogen and oxygen atoms in total. The van der Waals surface area contributed by atoms with E-state index in [1.54, 1.807) is 6.92 Å². The van der Waals surface area contributed by atoms with Crippen molar-refractivity contribution in [2.75, 3.05) is 6.61 Å². The van der Waals surface area contributed by atoms with E-state index < -0.39 is 37.6 Å². The van der Waals surface area contributed by atoms with E-state index >= 15 is 0 Å². The normalized spacial score (nSPS) is 13.7. The lowest BCUT2D eigenvalue weighted by Gasteiger charge is -2.27. The van der Waals surface area contributed by atoms with Gasteiger partial charge in [-0.2, -0.15) is 0 Å². The highest BCUT2D eigenvalue weighted by atomic mass is 31.2. The third-order valence-electron chi connectivity index (χ3n) is 3.83. The Labute approximate surface area is 182 Å². The van der Waals surface area contributed by atoms with Crippen LogP contribution in [0.25, 0.3) is 11.3 Å². The summed E-state index contributed by atoms with van der Waals surface area (Å²) in [6, 6.07) is 5.37. The molecule has 0 saturated carbocycles. The number of ether oxygens (including phenoxy) is 1. The summed E-state index contributed by atoms with van der Waals surface area (Å²) in [6.07, 6.45) is -3.79. The third kappa shape index (κ3) is 10.5. The Kier molecular flexibility index (Phi) is 10.2. The van der Waals surface area contributed by atoms with Gasteiger partial charge in [0.25, 0.3) is 12.9 Å². The minimum absolute atomic E-state index is 0.0523. The van der Waals surface area contributed by atoms with E-state index in [1.165, 1.54) is 24.4 Å². The molecule has 1 atom stereocenters. The molecule has 32 heavy (non-hydrogen) atoms. The number of hydrogen-bond donors (Lipinski definition) is 4. The van der Waals surface area contributed by atoms with E-state index in [0.717, 1.165) is 6.07 Å². The molecule has 0 bridgehead atoms. The standard InChI is InChI=1S/C19H23F4N3O.H3O4P/c1-11(2)9-19(3,24)10-27-15-5-4-13(26-16(15)18(22)23)12-6-7-25-14(8-12)17(20)21;1-5(2,3)4/h4-8,11,17-18H,9-10,24H2,1-3H3;(H3,1,2,3,4). The monoisotopic (exact) mass is 483 g/mol. The van der Waals surface area contributed by atoms with Gasteiger partial charge in [-0.15, -0.1) is 0 Å². The van der Waals surface area contributed by atoms with E-state index in [-0.39, 0.29) is 23.6 Å². The van der Waals surface area contributed by atoms with Crippen LogP contribution >= 0.6 is 7.82 Å². The van der Waals surface area contributed by atoms with Crippen molar-refractivity contribution in [3.8, 4) is 17.0 Å². The van der Waals surface area contributed by atoms with Crippen molar-refractivity contribution < 1.29 is 41.5 Å². The Hall–Kier alpha value is -2.11. The topological polar surface area (TPSA) is 139 Å². The van der Waals surface area contributed by atoms with Gasteiger partial charge in [0.2, 0.25) is 0 Å². The summed E-state index contributed by atoms with van der Waals surface area (Å²) < 4.78 is 66.9. The van der Waals surface area contributed by atoms with Gasteiger partial charge in [-0.1, -0.05) is 13.8 Å². The first kappa shape index (κ1) is 27.9. The molecule has 0 aromatic carbocycles. The van der Waals surface area contributed by atoms with Crippen LogP contribution in [0.5, 0.6) is 5.75 Å². The zero-order valence-electron chi connectivity index (χ0n) is 17.6. The van der Waals surface area contributed by atoms with Crippen LogP contribution in [0.15, 0.2) is 30.5 Å². The number of nitrogens with zero attached hydrogens (tertiary/aromatic N) is 2. The highest BCUT2D eigenvalue weighted by Crippen LogP contribution is 2.32. The maximum absolute atomic E-state index is 13.5. The predicted octanol–water partition coefficient (Wildman–Crippen LogP) is 4.23. The lowest BCUT2D eigenvalue weighted by molar-refractivity contribution is 0.134. The number of hydrogen-bond acceptors (Lipinski definition) is 5. The Bertz CT molecular complexity index is 917. The Morgan fingerprint density at radius 2 is 1.72 bits per heavy atom. The summed E-state index contributed by atoms with van der Waals surface area (Å²) in [4.78, 5) is 29.0. The van der Waals surface area contributed by atoms with Crippen molar-refractivity contribution >= 4 is 7.82 Å². The van der Waals surface area contributed by atoms with Crippen LogP contribution in [-0.4, -0.2) is 36.8 Å². The van der Waals surface area contributed by atoms with Crippen LogP contribution < -0.4 is 10.5 Å². The fourth-order valence-electron chi connectivity index (χ4n) is 2.86. The van der Waals surface area contributed by atoms with Gasteiger partial charge in [0.05, 0.1) is 5.69 Å². The van der Waals surface area contributed by atoms with Gasteiger partial charge in [-0.05, 0) is 43.5 Å². The van der Waals surface area contributed by atoms with E-state index in [2.05, 4.69) is 9.97 Å². The molecule has 13 heteroatoms. The van der Waals surface area contributed by atoms with Crippen LogP contribution in [0, 0.1) is 5.92 Å². The summed E-state index contributed by atoms with van der Waals surface area (Å²) in [5.74, 6) is 0.256. The fourth-order valence-corrected chi connectivity index (χ4v) is 2.86. The lowest BCUT2D eigenvalue weighted by Crippen LogP contribution is -2.43. The second-order valence-electron chi connectivity index (χ2n) is 7.70. The van der Waals surface area contributed by atoms with Gasteiger partial charge in [0.15, 0.2) is 0 Å². The largest absolute Gasteiger partial charge is 0.490 e. The second kappa shape index (κ2) is 11.7. The number of pyridine rings is 2. The first-order valence-electron chi connectivity index (χ1n) is 9.32. The van der Waals surface area contributed by atoms with Crippen LogP contribution in [-0.2, 0) is 4.57 Å². The molecule has 5 N–H and O–H groups in total. The van der Waals surface area contributed by atoms with Crippen LogP contribution in [0.2, 0.25) is 0 Å². The molecule has 0 spiro atoms. The van der Waals surface area contributed by atoms with E-state index in [4.69, 9.17) is 29.7 Å².